The Balaban J connectivity index is 2.56. The predicted octanol–water partition coefficient (Wildman–Crippen LogP) is 5.28. The first kappa shape index (κ1) is 16.2. The highest BCUT2D eigenvalue weighted by molar-refractivity contribution is 6.34. The van der Waals surface area contributed by atoms with Crippen molar-refractivity contribution in [1.82, 2.24) is 5.32 Å². The van der Waals surface area contributed by atoms with E-state index in [9.17, 15) is 8.78 Å². The van der Waals surface area contributed by atoms with Gasteiger partial charge in [-0.25, -0.2) is 8.78 Å². The van der Waals surface area contributed by atoms with Crippen molar-refractivity contribution in [3.8, 4) is 0 Å². The molecule has 0 fully saturated rings. The third kappa shape index (κ3) is 3.54. The van der Waals surface area contributed by atoms with Crippen molar-refractivity contribution in [1.29, 1.82) is 0 Å². The van der Waals surface area contributed by atoms with Crippen molar-refractivity contribution >= 4 is 23.2 Å². The van der Waals surface area contributed by atoms with Crippen molar-refractivity contribution in [2.24, 2.45) is 0 Å². The molecule has 2 rings (SSSR count). The maximum absolute atomic E-state index is 14.2. The molecule has 5 heteroatoms. The van der Waals surface area contributed by atoms with Crippen molar-refractivity contribution in [3.05, 3.63) is 68.7 Å². The second kappa shape index (κ2) is 6.73. The van der Waals surface area contributed by atoms with Gasteiger partial charge >= 0.3 is 0 Å². The number of hydrogen-bond acceptors (Lipinski definition) is 1. The first-order chi connectivity index (χ1) is 9.93. The molecule has 0 spiro atoms. The molecule has 0 aromatic heterocycles. The molecule has 2 aromatic rings. The van der Waals surface area contributed by atoms with Crippen LogP contribution in [0.15, 0.2) is 30.3 Å². The molecule has 1 nitrogen and oxygen atoms in total. The van der Waals surface area contributed by atoms with Gasteiger partial charge in [0.25, 0.3) is 0 Å². The summed E-state index contributed by atoms with van der Waals surface area (Å²) in [6, 6.07) is 7.61. The molecule has 0 saturated heterocycles. The SMILES string of the molecule is CCNC(c1cc(Cl)cc(Cl)c1)c1ccc(C)c(F)c1F. The molecule has 0 saturated carbocycles. The van der Waals surface area contributed by atoms with Crippen LogP contribution in [0.4, 0.5) is 8.78 Å². The maximum atomic E-state index is 14.2. The molecule has 0 heterocycles. The molecule has 21 heavy (non-hydrogen) atoms. The maximum Gasteiger partial charge on any atom is 0.164 e. The van der Waals surface area contributed by atoms with E-state index in [1.165, 1.54) is 6.92 Å². The lowest BCUT2D eigenvalue weighted by Crippen LogP contribution is -2.23. The summed E-state index contributed by atoms with van der Waals surface area (Å²) in [5.74, 6) is -1.68. The van der Waals surface area contributed by atoms with Crippen molar-refractivity contribution in [2.45, 2.75) is 19.9 Å². The summed E-state index contributed by atoms with van der Waals surface area (Å²) in [7, 11) is 0. The van der Waals surface area contributed by atoms with Gasteiger partial charge in [-0.3, -0.25) is 0 Å². The van der Waals surface area contributed by atoms with Gasteiger partial charge in [-0.15, -0.1) is 0 Å². The van der Waals surface area contributed by atoms with Crippen LogP contribution in [-0.2, 0) is 0 Å². The summed E-state index contributed by atoms with van der Waals surface area (Å²) in [4.78, 5) is 0. The van der Waals surface area contributed by atoms with Crippen molar-refractivity contribution < 1.29 is 8.78 Å². The molecule has 1 unspecified atom stereocenters. The molecule has 112 valence electrons. The van der Waals surface area contributed by atoms with E-state index in [0.717, 1.165) is 0 Å². The van der Waals surface area contributed by atoms with Crippen LogP contribution in [0.3, 0.4) is 0 Å². The second-order valence-electron chi connectivity index (χ2n) is 4.79. The number of aryl methyl sites for hydroxylation is 1. The molecule has 0 aliphatic carbocycles. The third-order valence-electron chi connectivity index (χ3n) is 3.24. The molecule has 0 amide bonds. The monoisotopic (exact) mass is 329 g/mol. The standard InChI is InChI=1S/C16H15Cl2F2N/c1-3-21-16(10-6-11(17)8-12(18)7-10)13-5-4-9(2)14(19)15(13)20/h4-8,16,21H,3H2,1-2H3. The Kier molecular flexibility index (Phi) is 5.20. The van der Waals surface area contributed by atoms with E-state index in [1.807, 2.05) is 6.92 Å². The zero-order valence-corrected chi connectivity index (χ0v) is 13.2. The highest BCUT2D eigenvalue weighted by atomic mass is 35.5. The van der Waals surface area contributed by atoms with Crippen LogP contribution in [0, 0.1) is 18.6 Å². The fourth-order valence-corrected chi connectivity index (χ4v) is 2.78. The lowest BCUT2D eigenvalue weighted by atomic mass is 9.97. The van der Waals surface area contributed by atoms with Gasteiger partial charge in [-0.1, -0.05) is 42.3 Å². The molecule has 0 aliphatic heterocycles. The number of nitrogens with one attached hydrogen (secondary N) is 1. The Hall–Kier alpha value is -1.16. The number of hydrogen-bond donors (Lipinski definition) is 1. The van der Waals surface area contributed by atoms with E-state index in [2.05, 4.69) is 5.32 Å². The predicted molar refractivity (Wildman–Crippen MR) is 83.1 cm³/mol. The Labute approximate surface area is 132 Å². The van der Waals surface area contributed by atoms with E-state index in [-0.39, 0.29) is 11.1 Å². The van der Waals surface area contributed by atoms with Gasteiger partial charge < -0.3 is 5.32 Å². The Morgan fingerprint density at radius 2 is 1.67 bits per heavy atom. The van der Waals surface area contributed by atoms with Gasteiger partial charge in [0, 0.05) is 15.6 Å². The lowest BCUT2D eigenvalue weighted by Gasteiger charge is -2.20. The van der Waals surface area contributed by atoms with Crippen LogP contribution in [0.1, 0.15) is 29.7 Å². The molecule has 1 atom stereocenters. The Morgan fingerprint density at radius 3 is 2.24 bits per heavy atom. The highest BCUT2D eigenvalue weighted by Crippen LogP contribution is 2.30. The first-order valence-electron chi connectivity index (χ1n) is 6.58. The van der Waals surface area contributed by atoms with Crippen LogP contribution in [-0.4, -0.2) is 6.54 Å². The fourth-order valence-electron chi connectivity index (χ4n) is 2.24. The fraction of sp³-hybridized carbons (Fsp3) is 0.250. The minimum absolute atomic E-state index is 0.235. The summed E-state index contributed by atoms with van der Waals surface area (Å²) < 4.78 is 28.1. The molecular weight excluding hydrogens is 315 g/mol. The first-order valence-corrected chi connectivity index (χ1v) is 7.33. The van der Waals surface area contributed by atoms with Gasteiger partial charge in [0.1, 0.15) is 0 Å². The Bertz CT molecular complexity index is 639. The van der Waals surface area contributed by atoms with Gasteiger partial charge in [0.15, 0.2) is 11.6 Å². The molecule has 0 radical (unpaired) electrons. The largest absolute Gasteiger partial charge is 0.306 e. The molecule has 2 aromatic carbocycles. The van der Waals surface area contributed by atoms with Crippen molar-refractivity contribution in [3.63, 3.8) is 0 Å². The molecule has 0 aliphatic rings. The third-order valence-corrected chi connectivity index (χ3v) is 3.68. The molecule has 0 bridgehead atoms. The average molecular weight is 330 g/mol. The number of benzene rings is 2. The summed E-state index contributed by atoms with van der Waals surface area (Å²) >= 11 is 12.0. The van der Waals surface area contributed by atoms with E-state index in [4.69, 9.17) is 23.2 Å². The number of halogens is 4. The second-order valence-corrected chi connectivity index (χ2v) is 5.67. The topological polar surface area (TPSA) is 12.0 Å². The zero-order valence-electron chi connectivity index (χ0n) is 11.7. The average Bonchev–Trinajstić information content (AvgIpc) is 2.42. The van der Waals surface area contributed by atoms with Crippen LogP contribution in [0.5, 0.6) is 0 Å². The van der Waals surface area contributed by atoms with E-state index in [1.54, 1.807) is 30.3 Å². The van der Waals surface area contributed by atoms with Crippen LogP contribution in [0.2, 0.25) is 10.0 Å². The van der Waals surface area contributed by atoms with Crippen LogP contribution in [0.25, 0.3) is 0 Å². The van der Waals surface area contributed by atoms with E-state index < -0.39 is 17.7 Å². The van der Waals surface area contributed by atoms with Crippen LogP contribution >= 0.6 is 23.2 Å². The molecular formula is C16H15Cl2F2N. The quantitative estimate of drug-likeness (QED) is 0.804. The minimum Gasteiger partial charge on any atom is -0.306 e. The normalized spacial score (nSPS) is 12.5. The Morgan fingerprint density at radius 1 is 1.05 bits per heavy atom. The van der Waals surface area contributed by atoms with Crippen molar-refractivity contribution in [2.75, 3.05) is 6.54 Å². The van der Waals surface area contributed by atoms with Gasteiger partial charge in [-0.05, 0) is 42.8 Å². The zero-order chi connectivity index (χ0) is 15.6. The number of rotatable bonds is 4. The summed E-state index contributed by atoms with van der Waals surface area (Å²) in [5.41, 5.74) is 1.20. The van der Waals surface area contributed by atoms with Gasteiger partial charge in [-0.2, -0.15) is 0 Å². The molecule has 1 N–H and O–H groups in total. The summed E-state index contributed by atoms with van der Waals surface area (Å²) in [5, 5.41) is 4.04. The van der Waals surface area contributed by atoms with Gasteiger partial charge in [0.2, 0.25) is 0 Å². The van der Waals surface area contributed by atoms with Gasteiger partial charge in [0.05, 0.1) is 6.04 Å². The van der Waals surface area contributed by atoms with E-state index in [0.29, 0.717) is 22.2 Å². The smallest absolute Gasteiger partial charge is 0.164 e. The summed E-state index contributed by atoms with van der Waals surface area (Å²) in [6.07, 6.45) is 0. The summed E-state index contributed by atoms with van der Waals surface area (Å²) in [6.45, 7) is 4.01. The lowest BCUT2D eigenvalue weighted by molar-refractivity contribution is 0.478. The van der Waals surface area contributed by atoms with E-state index >= 15 is 0 Å². The highest BCUT2D eigenvalue weighted by Gasteiger charge is 2.21. The minimum atomic E-state index is -0.850. The van der Waals surface area contributed by atoms with Crippen LogP contribution < -0.4 is 5.32 Å².